The average molecular weight is 378 g/mol. The molecule has 0 radical (unpaired) electrons. The van der Waals surface area contributed by atoms with Gasteiger partial charge in [-0.15, -0.1) is 0 Å². The van der Waals surface area contributed by atoms with Crippen LogP contribution in [0.25, 0.3) is 0 Å². The topological polar surface area (TPSA) is 59.6 Å². The van der Waals surface area contributed by atoms with Gasteiger partial charge in [-0.05, 0) is 41.7 Å². The van der Waals surface area contributed by atoms with E-state index in [0.717, 1.165) is 34.6 Å². The number of para-hydroxylation sites is 2. The molecule has 0 amide bonds. The number of allylic oxidation sites excluding steroid dienone is 1. The highest BCUT2D eigenvalue weighted by molar-refractivity contribution is 6.01. The standard InChI is InChI=1S/C23H26N2O3/c1-23(2)12-19-21(20(26)13-23)22(25-18-8-6-5-7-17(18)24-19)14-9-15(27-3)11-16(10-14)28-4/h5-11,22,24-25H,12-13H2,1-4H3/t22-/m0/s1. The quantitative estimate of drug-likeness (QED) is 0.793. The van der Waals surface area contributed by atoms with Crippen molar-refractivity contribution in [3.05, 3.63) is 59.3 Å². The molecule has 0 spiro atoms. The lowest BCUT2D eigenvalue weighted by Gasteiger charge is -2.34. The van der Waals surface area contributed by atoms with E-state index >= 15 is 0 Å². The Morgan fingerprint density at radius 2 is 1.61 bits per heavy atom. The van der Waals surface area contributed by atoms with Crippen LogP contribution in [0, 0.1) is 5.41 Å². The molecular weight excluding hydrogens is 352 g/mol. The predicted molar refractivity (Wildman–Crippen MR) is 111 cm³/mol. The Morgan fingerprint density at radius 3 is 2.25 bits per heavy atom. The van der Waals surface area contributed by atoms with Crippen molar-refractivity contribution in [1.82, 2.24) is 0 Å². The van der Waals surface area contributed by atoms with Crippen LogP contribution in [0.2, 0.25) is 0 Å². The Morgan fingerprint density at radius 1 is 0.964 bits per heavy atom. The molecule has 5 heteroatoms. The Hall–Kier alpha value is -2.95. The number of Topliss-reactive ketones (excluding diaryl/α,β-unsaturated/α-hetero) is 1. The zero-order valence-corrected chi connectivity index (χ0v) is 16.8. The van der Waals surface area contributed by atoms with Crippen molar-refractivity contribution in [3.63, 3.8) is 0 Å². The number of benzene rings is 2. The van der Waals surface area contributed by atoms with Crippen LogP contribution >= 0.6 is 0 Å². The smallest absolute Gasteiger partial charge is 0.163 e. The van der Waals surface area contributed by atoms with E-state index in [1.165, 1.54) is 0 Å². The van der Waals surface area contributed by atoms with Gasteiger partial charge in [-0.25, -0.2) is 0 Å². The van der Waals surface area contributed by atoms with Crippen LogP contribution in [0.3, 0.4) is 0 Å². The summed E-state index contributed by atoms with van der Waals surface area (Å²) in [6.45, 7) is 4.29. The maximum absolute atomic E-state index is 13.2. The number of nitrogens with one attached hydrogen (secondary N) is 2. The molecule has 28 heavy (non-hydrogen) atoms. The zero-order chi connectivity index (χ0) is 19.9. The first-order valence-electron chi connectivity index (χ1n) is 9.52. The van der Waals surface area contributed by atoms with Gasteiger partial charge in [-0.3, -0.25) is 4.79 Å². The van der Waals surface area contributed by atoms with Crippen molar-refractivity contribution in [2.24, 2.45) is 5.41 Å². The third kappa shape index (κ3) is 3.33. The van der Waals surface area contributed by atoms with Crippen LogP contribution in [0.1, 0.15) is 38.3 Å². The lowest BCUT2D eigenvalue weighted by molar-refractivity contribution is -0.118. The van der Waals surface area contributed by atoms with Crippen LogP contribution in [-0.2, 0) is 4.79 Å². The van der Waals surface area contributed by atoms with E-state index in [1.54, 1.807) is 14.2 Å². The summed E-state index contributed by atoms with van der Waals surface area (Å²) in [6.07, 6.45) is 1.35. The van der Waals surface area contributed by atoms with Gasteiger partial charge in [-0.2, -0.15) is 0 Å². The van der Waals surface area contributed by atoms with Crippen LogP contribution in [0.5, 0.6) is 11.5 Å². The molecule has 4 rings (SSSR count). The number of hydrogen-bond donors (Lipinski definition) is 2. The van der Waals surface area contributed by atoms with Gasteiger partial charge in [0.2, 0.25) is 0 Å². The molecule has 1 heterocycles. The van der Waals surface area contributed by atoms with Crippen LogP contribution in [0.4, 0.5) is 11.4 Å². The fraction of sp³-hybridized carbons (Fsp3) is 0.348. The minimum absolute atomic E-state index is 0.0706. The van der Waals surface area contributed by atoms with E-state index in [0.29, 0.717) is 17.9 Å². The largest absolute Gasteiger partial charge is 0.497 e. The molecule has 1 aliphatic heterocycles. The molecular formula is C23H26N2O3. The monoisotopic (exact) mass is 378 g/mol. The Balaban J connectivity index is 1.90. The third-order valence-electron chi connectivity index (χ3n) is 5.43. The van der Waals surface area contributed by atoms with Crippen molar-refractivity contribution < 1.29 is 14.3 Å². The van der Waals surface area contributed by atoms with E-state index in [4.69, 9.17) is 9.47 Å². The minimum Gasteiger partial charge on any atom is -0.497 e. The lowest BCUT2D eigenvalue weighted by Crippen LogP contribution is -2.31. The van der Waals surface area contributed by atoms with E-state index in [9.17, 15) is 4.79 Å². The van der Waals surface area contributed by atoms with Gasteiger partial charge < -0.3 is 20.1 Å². The van der Waals surface area contributed by atoms with Gasteiger partial charge in [0.25, 0.3) is 0 Å². The first-order chi connectivity index (χ1) is 13.4. The number of hydrogen-bond acceptors (Lipinski definition) is 5. The van der Waals surface area contributed by atoms with Crippen LogP contribution in [-0.4, -0.2) is 20.0 Å². The van der Waals surface area contributed by atoms with Gasteiger partial charge in [-0.1, -0.05) is 26.0 Å². The van der Waals surface area contributed by atoms with Crippen molar-refractivity contribution in [1.29, 1.82) is 0 Å². The maximum atomic E-state index is 13.2. The summed E-state index contributed by atoms with van der Waals surface area (Å²) in [5.74, 6) is 1.57. The first-order valence-corrected chi connectivity index (χ1v) is 9.52. The predicted octanol–water partition coefficient (Wildman–Crippen LogP) is 4.93. The molecule has 1 aliphatic carbocycles. The summed E-state index contributed by atoms with van der Waals surface area (Å²) in [5.41, 5.74) is 4.61. The van der Waals surface area contributed by atoms with Crippen molar-refractivity contribution in [2.75, 3.05) is 24.9 Å². The van der Waals surface area contributed by atoms with Gasteiger partial charge in [0.05, 0.1) is 31.6 Å². The highest BCUT2D eigenvalue weighted by Crippen LogP contribution is 2.46. The van der Waals surface area contributed by atoms with Crippen molar-refractivity contribution >= 4 is 17.2 Å². The van der Waals surface area contributed by atoms with Gasteiger partial charge in [0.15, 0.2) is 5.78 Å². The third-order valence-corrected chi connectivity index (χ3v) is 5.43. The second-order valence-electron chi connectivity index (χ2n) is 8.23. The summed E-state index contributed by atoms with van der Waals surface area (Å²) >= 11 is 0. The lowest BCUT2D eigenvalue weighted by atomic mass is 9.73. The SMILES string of the molecule is COc1cc(OC)cc([C@@H]2Nc3ccccc3NC3=C2C(=O)CC(C)(C)C3)c1. The van der Waals surface area contributed by atoms with E-state index in [1.807, 2.05) is 42.5 Å². The summed E-state index contributed by atoms with van der Waals surface area (Å²) in [5, 5.41) is 7.12. The molecule has 2 N–H and O–H groups in total. The number of ether oxygens (including phenoxy) is 2. The molecule has 0 unspecified atom stereocenters. The minimum atomic E-state index is -0.279. The van der Waals surface area contributed by atoms with Crippen LogP contribution in [0.15, 0.2) is 53.7 Å². The molecule has 2 aliphatic rings. The van der Waals surface area contributed by atoms with E-state index < -0.39 is 0 Å². The summed E-state index contributed by atoms with van der Waals surface area (Å²) < 4.78 is 10.9. The van der Waals surface area contributed by atoms with Crippen LogP contribution < -0.4 is 20.1 Å². The maximum Gasteiger partial charge on any atom is 0.163 e. The van der Waals surface area contributed by atoms with Gasteiger partial charge in [0.1, 0.15) is 11.5 Å². The molecule has 5 nitrogen and oxygen atoms in total. The molecule has 146 valence electrons. The Labute approximate surface area is 165 Å². The second-order valence-corrected chi connectivity index (χ2v) is 8.23. The molecule has 2 aromatic carbocycles. The van der Waals surface area contributed by atoms with Gasteiger partial charge in [0, 0.05) is 23.8 Å². The number of fused-ring (bicyclic) bond motifs is 1. The fourth-order valence-electron chi connectivity index (χ4n) is 4.14. The summed E-state index contributed by atoms with van der Waals surface area (Å²) in [4.78, 5) is 13.2. The number of carbonyl (C=O) groups is 1. The van der Waals surface area contributed by atoms with Gasteiger partial charge >= 0.3 is 0 Å². The molecule has 0 fully saturated rings. The molecule has 0 saturated heterocycles. The first kappa shape index (κ1) is 18.4. The average Bonchev–Trinajstić information content (AvgIpc) is 2.83. The molecule has 0 aromatic heterocycles. The summed E-state index contributed by atoms with van der Waals surface area (Å²) in [6, 6.07) is 13.5. The molecule has 1 atom stereocenters. The van der Waals surface area contributed by atoms with Crippen molar-refractivity contribution in [3.8, 4) is 11.5 Å². The van der Waals surface area contributed by atoms with E-state index in [2.05, 4.69) is 24.5 Å². The fourth-order valence-corrected chi connectivity index (χ4v) is 4.14. The zero-order valence-electron chi connectivity index (χ0n) is 16.8. The second kappa shape index (κ2) is 6.89. The number of methoxy groups -OCH3 is 2. The highest BCUT2D eigenvalue weighted by Gasteiger charge is 2.38. The Bertz CT molecular complexity index is 940. The molecule has 0 saturated carbocycles. The molecule has 2 aromatic rings. The number of anilines is 2. The normalized spacial score (nSPS) is 20.3. The number of rotatable bonds is 3. The van der Waals surface area contributed by atoms with Crippen molar-refractivity contribution in [2.45, 2.75) is 32.7 Å². The Kier molecular flexibility index (Phi) is 4.53. The van der Waals surface area contributed by atoms with E-state index in [-0.39, 0.29) is 17.2 Å². The highest BCUT2D eigenvalue weighted by atomic mass is 16.5. The molecule has 0 bridgehead atoms. The summed E-state index contributed by atoms with van der Waals surface area (Å²) in [7, 11) is 3.27. The number of carbonyl (C=O) groups excluding carboxylic acids is 1. The number of ketones is 1.